The lowest BCUT2D eigenvalue weighted by atomic mass is 10.1. The van der Waals surface area contributed by atoms with Crippen molar-refractivity contribution in [3.8, 4) is 17.6 Å². The molecule has 0 aliphatic rings. The lowest BCUT2D eigenvalue weighted by Gasteiger charge is -2.08. The van der Waals surface area contributed by atoms with Crippen LogP contribution in [0, 0.1) is 11.8 Å². The van der Waals surface area contributed by atoms with Crippen LogP contribution in [0.2, 0.25) is 0 Å². The highest BCUT2D eigenvalue weighted by Crippen LogP contribution is 2.22. The summed E-state index contributed by atoms with van der Waals surface area (Å²) < 4.78 is 33.8. The molecule has 1 heterocycles. The van der Waals surface area contributed by atoms with Gasteiger partial charge < -0.3 is 9.47 Å². The number of aromatic nitrogens is 1. The zero-order valence-electron chi connectivity index (χ0n) is 11.5. The van der Waals surface area contributed by atoms with Gasteiger partial charge in [0.25, 0.3) is 0 Å². The third kappa shape index (κ3) is 4.03. The van der Waals surface area contributed by atoms with Gasteiger partial charge in [-0.2, -0.15) is 8.78 Å². The molecule has 0 radical (unpaired) electrons. The van der Waals surface area contributed by atoms with E-state index in [-0.39, 0.29) is 16.9 Å². The average molecular weight is 303 g/mol. The van der Waals surface area contributed by atoms with E-state index in [1.165, 1.54) is 25.3 Å². The van der Waals surface area contributed by atoms with E-state index in [9.17, 15) is 13.6 Å². The standard InChI is InChI=1S/C16H11F2NO3/c1-21-15(20)12-6-8-14(22-16(17)18)11(10-12)5-7-13-4-2-3-9-19-13/h2-4,6,8-10,16H,1H3. The highest BCUT2D eigenvalue weighted by Gasteiger charge is 2.12. The van der Waals surface area contributed by atoms with Crippen molar-refractivity contribution >= 4 is 5.97 Å². The summed E-state index contributed by atoms with van der Waals surface area (Å²) in [4.78, 5) is 15.5. The smallest absolute Gasteiger partial charge is 0.387 e. The Labute approximate surface area is 125 Å². The molecular weight excluding hydrogens is 292 g/mol. The molecule has 0 aliphatic carbocycles. The molecule has 0 atom stereocenters. The Morgan fingerprint density at radius 1 is 1.23 bits per heavy atom. The third-order valence-electron chi connectivity index (χ3n) is 2.61. The van der Waals surface area contributed by atoms with Gasteiger partial charge in [0.05, 0.1) is 18.2 Å². The number of alkyl halides is 2. The van der Waals surface area contributed by atoms with Gasteiger partial charge in [0.2, 0.25) is 0 Å². The molecule has 0 saturated heterocycles. The topological polar surface area (TPSA) is 48.4 Å². The number of rotatable bonds is 3. The first-order valence-corrected chi connectivity index (χ1v) is 6.20. The zero-order valence-corrected chi connectivity index (χ0v) is 11.5. The van der Waals surface area contributed by atoms with Crippen LogP contribution in [-0.2, 0) is 4.74 Å². The Bertz CT molecular complexity index is 721. The Kier molecular flexibility index (Phi) is 5.04. The van der Waals surface area contributed by atoms with Crippen LogP contribution in [0.15, 0.2) is 42.6 Å². The number of carbonyl (C=O) groups excluding carboxylic acids is 1. The van der Waals surface area contributed by atoms with Crippen molar-refractivity contribution in [1.82, 2.24) is 4.98 Å². The van der Waals surface area contributed by atoms with Gasteiger partial charge in [0.1, 0.15) is 11.4 Å². The Hall–Kier alpha value is -2.94. The summed E-state index contributed by atoms with van der Waals surface area (Å²) in [6.07, 6.45) is 1.56. The fraction of sp³-hybridized carbons (Fsp3) is 0.125. The summed E-state index contributed by atoms with van der Waals surface area (Å²) in [6.45, 7) is -2.99. The van der Waals surface area contributed by atoms with Gasteiger partial charge in [0.15, 0.2) is 0 Å². The van der Waals surface area contributed by atoms with Crippen LogP contribution in [0.4, 0.5) is 8.78 Å². The first-order chi connectivity index (χ1) is 10.6. The van der Waals surface area contributed by atoms with Crippen LogP contribution in [-0.4, -0.2) is 24.7 Å². The molecule has 4 nitrogen and oxygen atoms in total. The van der Waals surface area contributed by atoms with Crippen LogP contribution < -0.4 is 4.74 Å². The minimum absolute atomic E-state index is 0.119. The zero-order chi connectivity index (χ0) is 15.9. The third-order valence-corrected chi connectivity index (χ3v) is 2.61. The van der Waals surface area contributed by atoms with E-state index in [4.69, 9.17) is 0 Å². The molecule has 0 saturated carbocycles. The molecule has 2 rings (SSSR count). The first-order valence-electron chi connectivity index (χ1n) is 6.20. The van der Waals surface area contributed by atoms with Gasteiger partial charge in [-0.15, -0.1) is 0 Å². The van der Waals surface area contributed by atoms with Crippen molar-refractivity contribution in [2.24, 2.45) is 0 Å². The van der Waals surface area contributed by atoms with Crippen molar-refractivity contribution < 1.29 is 23.0 Å². The van der Waals surface area contributed by atoms with Crippen LogP contribution in [0.25, 0.3) is 0 Å². The van der Waals surface area contributed by atoms with E-state index in [0.717, 1.165) is 0 Å². The van der Waals surface area contributed by atoms with Crippen molar-refractivity contribution in [3.63, 3.8) is 0 Å². The molecule has 0 amide bonds. The number of hydrogen-bond donors (Lipinski definition) is 0. The molecule has 0 bridgehead atoms. The number of hydrogen-bond acceptors (Lipinski definition) is 4. The van der Waals surface area contributed by atoms with E-state index >= 15 is 0 Å². The minimum Gasteiger partial charge on any atom is -0.465 e. The maximum absolute atomic E-state index is 12.4. The normalized spacial score (nSPS) is 9.82. The number of ether oxygens (including phenoxy) is 2. The molecule has 0 fully saturated rings. The molecule has 6 heteroatoms. The van der Waals surface area contributed by atoms with E-state index in [1.807, 2.05) is 0 Å². The van der Waals surface area contributed by atoms with Crippen molar-refractivity contribution in [1.29, 1.82) is 0 Å². The van der Waals surface area contributed by atoms with Gasteiger partial charge >= 0.3 is 12.6 Å². The van der Waals surface area contributed by atoms with Gasteiger partial charge in [-0.25, -0.2) is 9.78 Å². The van der Waals surface area contributed by atoms with Crippen LogP contribution in [0.3, 0.4) is 0 Å². The predicted molar refractivity (Wildman–Crippen MR) is 74.6 cm³/mol. The second-order valence-corrected chi connectivity index (χ2v) is 4.05. The highest BCUT2D eigenvalue weighted by atomic mass is 19.3. The van der Waals surface area contributed by atoms with Gasteiger partial charge in [-0.3, -0.25) is 0 Å². The molecule has 1 aromatic carbocycles. The lowest BCUT2D eigenvalue weighted by molar-refractivity contribution is -0.0500. The Balaban J connectivity index is 2.41. The summed E-state index contributed by atoms with van der Waals surface area (Å²) in [7, 11) is 1.23. The van der Waals surface area contributed by atoms with E-state index in [0.29, 0.717) is 5.69 Å². The summed E-state index contributed by atoms with van der Waals surface area (Å²) in [5.74, 6) is 4.68. The maximum atomic E-state index is 12.4. The number of pyridine rings is 1. The maximum Gasteiger partial charge on any atom is 0.387 e. The van der Waals surface area contributed by atoms with E-state index < -0.39 is 12.6 Å². The van der Waals surface area contributed by atoms with Gasteiger partial charge in [-0.1, -0.05) is 12.0 Å². The number of carbonyl (C=O) groups is 1. The van der Waals surface area contributed by atoms with Crippen LogP contribution in [0.1, 0.15) is 21.6 Å². The largest absolute Gasteiger partial charge is 0.465 e. The molecule has 2 aromatic rings. The Morgan fingerprint density at radius 2 is 2.05 bits per heavy atom. The number of nitrogens with zero attached hydrogens (tertiary/aromatic N) is 1. The van der Waals surface area contributed by atoms with Crippen molar-refractivity contribution in [3.05, 3.63) is 59.4 Å². The monoisotopic (exact) mass is 303 g/mol. The quantitative estimate of drug-likeness (QED) is 0.646. The van der Waals surface area contributed by atoms with E-state index in [1.54, 1.807) is 24.4 Å². The van der Waals surface area contributed by atoms with Crippen molar-refractivity contribution in [2.45, 2.75) is 6.61 Å². The number of halogens is 2. The second kappa shape index (κ2) is 7.18. The predicted octanol–water partition coefficient (Wildman–Crippen LogP) is 2.87. The first kappa shape index (κ1) is 15.4. The summed E-state index contributed by atoms with van der Waals surface area (Å²) >= 11 is 0. The van der Waals surface area contributed by atoms with Crippen LogP contribution >= 0.6 is 0 Å². The molecule has 0 spiro atoms. The Morgan fingerprint density at radius 3 is 2.68 bits per heavy atom. The summed E-state index contributed by atoms with van der Waals surface area (Å²) in [6, 6.07) is 9.06. The number of benzene rings is 1. The second-order valence-electron chi connectivity index (χ2n) is 4.05. The van der Waals surface area contributed by atoms with Gasteiger partial charge in [-0.05, 0) is 36.3 Å². The molecular formula is C16H11F2NO3. The van der Waals surface area contributed by atoms with Crippen molar-refractivity contribution in [2.75, 3.05) is 7.11 Å². The molecule has 1 aromatic heterocycles. The molecule has 22 heavy (non-hydrogen) atoms. The fourth-order valence-electron chi connectivity index (χ4n) is 1.64. The number of methoxy groups -OCH3 is 1. The summed E-state index contributed by atoms with van der Waals surface area (Å²) in [5, 5.41) is 0. The molecule has 0 aliphatic heterocycles. The van der Waals surface area contributed by atoms with Gasteiger partial charge in [0, 0.05) is 6.20 Å². The lowest BCUT2D eigenvalue weighted by Crippen LogP contribution is -2.06. The molecule has 0 N–H and O–H groups in total. The minimum atomic E-state index is -2.99. The SMILES string of the molecule is COC(=O)c1ccc(OC(F)F)c(C#Cc2ccccn2)c1. The van der Waals surface area contributed by atoms with Crippen LogP contribution in [0.5, 0.6) is 5.75 Å². The average Bonchev–Trinajstić information content (AvgIpc) is 2.53. The summed E-state index contributed by atoms with van der Waals surface area (Å²) in [5.41, 5.74) is 0.803. The number of esters is 1. The van der Waals surface area contributed by atoms with E-state index in [2.05, 4.69) is 26.3 Å². The fourth-order valence-corrected chi connectivity index (χ4v) is 1.64. The molecule has 112 valence electrons. The highest BCUT2D eigenvalue weighted by molar-refractivity contribution is 5.90. The molecule has 0 unspecified atom stereocenters.